The number of aliphatic hydroxyl groups excluding tert-OH is 3. The van der Waals surface area contributed by atoms with Crippen molar-refractivity contribution in [2.45, 2.75) is 44.8 Å². The predicted molar refractivity (Wildman–Crippen MR) is 111 cm³/mol. The minimum Gasteiger partial charge on any atom is -0.462 e. The Kier molecular flexibility index (Phi) is 5.45. The highest BCUT2D eigenvalue weighted by atomic mass is 19.1. The summed E-state index contributed by atoms with van der Waals surface area (Å²) in [5.41, 5.74) is -0.273. The number of hydrogen-bond donors (Lipinski definition) is 4. The summed E-state index contributed by atoms with van der Waals surface area (Å²) in [6.07, 6.45) is 1.59. The van der Waals surface area contributed by atoms with E-state index in [1.807, 2.05) is 13.8 Å². The molecule has 1 aromatic carbocycles. The van der Waals surface area contributed by atoms with Gasteiger partial charge in [0.05, 0.1) is 37.1 Å². The van der Waals surface area contributed by atoms with Crippen LogP contribution in [0.2, 0.25) is 0 Å². The van der Waals surface area contributed by atoms with Gasteiger partial charge in [-0.3, -0.25) is 4.79 Å². The molecule has 1 saturated carbocycles. The number of carbonyl (C=O) groups is 1. The predicted octanol–water partition coefficient (Wildman–Crippen LogP) is 1.97. The number of benzene rings is 1. The number of anilines is 1. The second-order valence-electron chi connectivity index (χ2n) is 8.86. The molecule has 31 heavy (non-hydrogen) atoms. The minimum absolute atomic E-state index is 0.0384. The molecule has 2 aromatic rings. The van der Waals surface area contributed by atoms with E-state index in [0.717, 1.165) is 0 Å². The van der Waals surface area contributed by atoms with Crippen molar-refractivity contribution >= 4 is 22.5 Å². The van der Waals surface area contributed by atoms with Gasteiger partial charge < -0.3 is 34.7 Å². The Morgan fingerprint density at radius 3 is 2.65 bits per heavy atom. The van der Waals surface area contributed by atoms with Gasteiger partial charge in [0, 0.05) is 22.6 Å². The molecule has 1 atom stereocenters. The van der Waals surface area contributed by atoms with E-state index in [4.69, 9.17) is 9.47 Å². The second kappa shape index (κ2) is 7.81. The van der Waals surface area contributed by atoms with Gasteiger partial charge in [0.15, 0.2) is 5.76 Å². The van der Waals surface area contributed by atoms with E-state index in [2.05, 4.69) is 5.32 Å². The maximum atomic E-state index is 15.0. The Balaban J connectivity index is 1.70. The van der Waals surface area contributed by atoms with Crippen molar-refractivity contribution < 1.29 is 34.0 Å². The zero-order chi connectivity index (χ0) is 22.4. The minimum atomic E-state index is -1.04. The molecular formula is C22H27FN2O6. The largest absolute Gasteiger partial charge is 0.462 e. The molecule has 1 aliphatic carbocycles. The highest BCUT2D eigenvalue weighted by molar-refractivity contribution is 6.00. The highest BCUT2D eigenvalue weighted by Gasteiger charge is 2.56. The number of ether oxygens (including phenoxy) is 2. The lowest BCUT2D eigenvalue weighted by Crippen LogP contribution is -2.29. The molecule has 4 N–H and O–H groups in total. The Morgan fingerprint density at radius 1 is 1.32 bits per heavy atom. The number of nitrogens with zero attached hydrogens (tertiary/aromatic N) is 1. The number of hydrogen-bond acceptors (Lipinski definition) is 6. The Labute approximate surface area is 178 Å². The first-order chi connectivity index (χ1) is 14.7. The third-order valence-electron chi connectivity index (χ3n) is 6.06. The molecule has 168 valence electrons. The molecular weight excluding hydrogens is 407 g/mol. The Hall–Kier alpha value is -2.62. The van der Waals surface area contributed by atoms with Crippen LogP contribution in [0.4, 0.5) is 10.1 Å². The number of rotatable bonds is 8. The second-order valence-corrected chi connectivity index (χ2v) is 8.86. The fourth-order valence-electron chi connectivity index (χ4n) is 3.93. The van der Waals surface area contributed by atoms with Gasteiger partial charge in [0.1, 0.15) is 17.5 Å². The van der Waals surface area contributed by atoms with Crippen LogP contribution in [0.15, 0.2) is 30.2 Å². The molecule has 1 aliphatic heterocycles. The molecule has 1 unspecified atom stereocenters. The van der Waals surface area contributed by atoms with Gasteiger partial charge in [-0.2, -0.15) is 0 Å². The number of nitrogens with one attached hydrogen (secondary N) is 1. The summed E-state index contributed by atoms with van der Waals surface area (Å²) in [6.45, 7) is 3.16. The van der Waals surface area contributed by atoms with Crippen LogP contribution in [-0.4, -0.2) is 51.9 Å². The first-order valence-electron chi connectivity index (χ1n) is 10.2. The molecule has 1 fully saturated rings. The van der Waals surface area contributed by atoms with Crippen molar-refractivity contribution in [2.24, 2.45) is 5.41 Å². The summed E-state index contributed by atoms with van der Waals surface area (Å²) in [7, 11) is 0. The summed E-state index contributed by atoms with van der Waals surface area (Å²) in [5.74, 6) is -0.517. The summed E-state index contributed by atoms with van der Waals surface area (Å²) < 4.78 is 27.1. The molecule has 0 saturated heterocycles. The Bertz CT molecular complexity index is 1040. The van der Waals surface area contributed by atoms with Gasteiger partial charge in [-0.25, -0.2) is 4.39 Å². The molecule has 1 amide bonds. The van der Waals surface area contributed by atoms with Gasteiger partial charge in [-0.15, -0.1) is 0 Å². The maximum absolute atomic E-state index is 15.0. The lowest BCUT2D eigenvalue weighted by atomic mass is 9.90. The molecule has 9 heteroatoms. The molecule has 8 nitrogen and oxygen atoms in total. The number of aliphatic hydroxyl groups is 3. The number of aromatic nitrogens is 1. The van der Waals surface area contributed by atoms with Crippen LogP contribution in [0.25, 0.3) is 10.9 Å². The summed E-state index contributed by atoms with van der Waals surface area (Å²) in [6, 6.07) is 4.63. The standard InChI is InChI=1S/C22H27FN2O6/c1-21(2,11-27)18-6-13-5-16(15(23)7-17(13)25(18)8-14(28)9-26)24-20(29)22(3-4-22)19-10-30-12-31-19/h5-7,10,14,26-28H,3-4,8-9,11-12H2,1-2H3,(H,24,29). The van der Waals surface area contributed by atoms with E-state index in [1.54, 1.807) is 10.6 Å². The van der Waals surface area contributed by atoms with Crippen LogP contribution < -0.4 is 5.32 Å². The topological polar surface area (TPSA) is 113 Å². The third-order valence-corrected chi connectivity index (χ3v) is 6.06. The normalized spacial score (nSPS) is 18.3. The summed E-state index contributed by atoms with van der Waals surface area (Å²) >= 11 is 0. The van der Waals surface area contributed by atoms with E-state index in [1.165, 1.54) is 18.4 Å². The van der Waals surface area contributed by atoms with Gasteiger partial charge in [-0.1, -0.05) is 13.8 Å². The van der Waals surface area contributed by atoms with Crippen LogP contribution >= 0.6 is 0 Å². The molecule has 4 rings (SSSR count). The maximum Gasteiger partial charge on any atom is 0.238 e. The zero-order valence-electron chi connectivity index (χ0n) is 17.5. The van der Waals surface area contributed by atoms with Crippen LogP contribution in [0.1, 0.15) is 32.4 Å². The number of carbonyl (C=O) groups excluding carboxylic acids is 1. The average Bonchev–Trinajstić information content (AvgIpc) is 3.22. The molecule has 2 aliphatic rings. The molecule has 0 bridgehead atoms. The summed E-state index contributed by atoms with van der Waals surface area (Å²) in [4.78, 5) is 12.9. The monoisotopic (exact) mass is 434 g/mol. The lowest BCUT2D eigenvalue weighted by Gasteiger charge is -2.25. The van der Waals surface area contributed by atoms with Crippen molar-refractivity contribution in [1.82, 2.24) is 4.57 Å². The fraction of sp³-hybridized carbons (Fsp3) is 0.500. The van der Waals surface area contributed by atoms with Crippen molar-refractivity contribution in [3.63, 3.8) is 0 Å². The lowest BCUT2D eigenvalue weighted by molar-refractivity contribution is -0.121. The quantitative estimate of drug-likeness (QED) is 0.505. The smallest absolute Gasteiger partial charge is 0.238 e. The Morgan fingerprint density at radius 2 is 2.06 bits per heavy atom. The van der Waals surface area contributed by atoms with E-state index in [-0.39, 0.29) is 31.5 Å². The van der Waals surface area contributed by atoms with Crippen molar-refractivity contribution in [3.05, 3.63) is 41.7 Å². The first-order valence-corrected chi connectivity index (χ1v) is 10.2. The SMILES string of the molecule is CC(C)(CO)c1cc2cc(NC(=O)C3(C4=COCO4)CC3)c(F)cc2n1CC(O)CO. The molecule has 0 radical (unpaired) electrons. The summed E-state index contributed by atoms with van der Waals surface area (Å²) in [5, 5.41) is 32.4. The van der Waals surface area contributed by atoms with Gasteiger partial charge in [-0.05, 0) is 25.0 Å². The van der Waals surface area contributed by atoms with Crippen LogP contribution in [0, 0.1) is 11.2 Å². The van der Waals surface area contributed by atoms with Crippen LogP contribution in [0.5, 0.6) is 0 Å². The van der Waals surface area contributed by atoms with Gasteiger partial charge in [0.25, 0.3) is 0 Å². The van der Waals surface area contributed by atoms with E-state index < -0.39 is 29.4 Å². The third kappa shape index (κ3) is 3.77. The number of amides is 1. The highest BCUT2D eigenvalue weighted by Crippen LogP contribution is 2.54. The van der Waals surface area contributed by atoms with E-state index >= 15 is 0 Å². The van der Waals surface area contributed by atoms with Crippen molar-refractivity contribution in [3.8, 4) is 0 Å². The van der Waals surface area contributed by atoms with Crippen molar-refractivity contribution in [2.75, 3.05) is 25.3 Å². The average molecular weight is 434 g/mol. The van der Waals surface area contributed by atoms with Crippen LogP contribution in [0.3, 0.4) is 0 Å². The van der Waals surface area contributed by atoms with Gasteiger partial charge >= 0.3 is 0 Å². The fourth-order valence-corrected chi connectivity index (χ4v) is 3.93. The van der Waals surface area contributed by atoms with Crippen LogP contribution in [-0.2, 0) is 26.2 Å². The zero-order valence-corrected chi connectivity index (χ0v) is 17.5. The van der Waals surface area contributed by atoms with E-state index in [0.29, 0.717) is 35.2 Å². The van der Waals surface area contributed by atoms with Crippen molar-refractivity contribution in [1.29, 1.82) is 0 Å². The molecule has 0 spiro atoms. The number of halogens is 1. The first kappa shape index (κ1) is 21.6. The molecule has 1 aromatic heterocycles. The van der Waals surface area contributed by atoms with E-state index in [9.17, 15) is 24.5 Å². The van der Waals surface area contributed by atoms with Gasteiger partial charge in [0.2, 0.25) is 12.7 Å². The number of fused-ring (bicyclic) bond motifs is 1. The molecule has 2 heterocycles.